The normalized spacial score (nSPS) is 15.0. The minimum atomic E-state index is -1.26. The van der Waals surface area contributed by atoms with Gasteiger partial charge in [0.2, 0.25) is 0 Å². The second-order valence-corrected chi connectivity index (χ2v) is 2.71. The van der Waals surface area contributed by atoms with Crippen LogP contribution in [0.5, 0.6) is 0 Å². The zero-order valence-corrected chi connectivity index (χ0v) is 8.21. The smallest absolute Gasteiger partial charge is 0.328 e. The largest absolute Gasteiger partial charge is 0.478 e. The van der Waals surface area contributed by atoms with Crippen molar-refractivity contribution >= 4 is 23.9 Å². The second kappa shape index (κ2) is 7.16. The Morgan fingerprint density at radius 3 is 1.56 bits per heavy atom. The van der Waals surface area contributed by atoms with Crippen molar-refractivity contribution in [3.63, 3.8) is 0 Å². The molecule has 16 heavy (non-hydrogen) atoms. The summed E-state index contributed by atoms with van der Waals surface area (Å²) in [4.78, 5) is 39.6. The van der Waals surface area contributed by atoms with Crippen LogP contribution in [0.2, 0.25) is 0 Å². The molecule has 0 radical (unpaired) electrons. The average molecular weight is 230 g/mol. The van der Waals surface area contributed by atoms with Gasteiger partial charge in [0.05, 0.1) is 0 Å². The highest BCUT2D eigenvalue weighted by atomic mass is 16.6. The molecule has 1 heterocycles. The highest BCUT2D eigenvalue weighted by Gasteiger charge is 2.15. The van der Waals surface area contributed by atoms with Crippen LogP contribution in [0.3, 0.4) is 0 Å². The predicted molar refractivity (Wildman–Crippen MR) is 49.4 cm³/mol. The molecule has 1 aliphatic rings. The van der Waals surface area contributed by atoms with Gasteiger partial charge in [-0.2, -0.15) is 0 Å². The predicted octanol–water partition coefficient (Wildman–Crippen LogP) is -0.0481. The lowest BCUT2D eigenvalue weighted by atomic mass is 10.2. The molecule has 1 aliphatic heterocycles. The van der Waals surface area contributed by atoms with Gasteiger partial charge in [0.25, 0.3) is 0 Å². The second-order valence-electron chi connectivity index (χ2n) is 2.71. The lowest BCUT2D eigenvalue weighted by molar-refractivity contribution is -0.163. The third-order valence-electron chi connectivity index (χ3n) is 1.36. The molecule has 0 bridgehead atoms. The third kappa shape index (κ3) is 8.42. The van der Waals surface area contributed by atoms with Gasteiger partial charge in [0.1, 0.15) is 0 Å². The summed E-state index contributed by atoms with van der Waals surface area (Å²) in [6.45, 7) is 0. The van der Waals surface area contributed by atoms with Crippen molar-refractivity contribution in [3.8, 4) is 0 Å². The summed E-state index contributed by atoms with van der Waals surface area (Å²) < 4.78 is 4.21. The molecule has 1 rings (SSSR count). The van der Waals surface area contributed by atoms with Crippen LogP contribution in [-0.2, 0) is 23.9 Å². The number of cyclic esters (lactones) is 2. The molecular formula is C9H10O7. The van der Waals surface area contributed by atoms with E-state index in [1.54, 1.807) is 0 Å². The van der Waals surface area contributed by atoms with Gasteiger partial charge in [-0.1, -0.05) is 0 Å². The van der Waals surface area contributed by atoms with E-state index in [-0.39, 0.29) is 11.9 Å². The van der Waals surface area contributed by atoms with Gasteiger partial charge in [-0.3, -0.25) is 9.59 Å². The number of ether oxygens (including phenoxy) is 1. The molecular weight excluding hydrogens is 220 g/mol. The molecule has 0 aromatic carbocycles. The molecule has 0 aromatic rings. The minimum absolute atomic E-state index is 0.388. The molecule has 7 nitrogen and oxygen atoms in total. The first-order valence-electron chi connectivity index (χ1n) is 4.29. The average Bonchev–Trinajstić information content (AvgIpc) is 2.15. The molecule has 0 atom stereocenters. The Balaban J connectivity index is 0.000000281. The van der Waals surface area contributed by atoms with E-state index in [1.807, 2.05) is 0 Å². The van der Waals surface area contributed by atoms with E-state index in [2.05, 4.69) is 4.74 Å². The molecule has 7 heteroatoms. The third-order valence-corrected chi connectivity index (χ3v) is 1.36. The summed E-state index contributed by atoms with van der Waals surface area (Å²) in [6.07, 6.45) is 2.56. The number of aliphatic carboxylic acids is 2. The maximum Gasteiger partial charge on any atom is 0.328 e. The van der Waals surface area contributed by atoms with Crippen LogP contribution in [-0.4, -0.2) is 34.1 Å². The summed E-state index contributed by atoms with van der Waals surface area (Å²) in [5.41, 5.74) is 0. The van der Waals surface area contributed by atoms with Crippen molar-refractivity contribution in [3.05, 3.63) is 12.2 Å². The number of carboxylic acid groups (broad SMARTS) is 2. The number of carbonyl (C=O) groups is 4. The van der Waals surface area contributed by atoms with E-state index in [4.69, 9.17) is 10.2 Å². The van der Waals surface area contributed by atoms with E-state index in [0.717, 1.165) is 0 Å². The molecule has 1 fully saturated rings. The highest BCUT2D eigenvalue weighted by molar-refractivity contribution is 5.89. The fourth-order valence-electron chi connectivity index (χ4n) is 0.749. The fourth-order valence-corrected chi connectivity index (χ4v) is 0.749. The maximum absolute atomic E-state index is 10.2. The number of carboxylic acids is 2. The van der Waals surface area contributed by atoms with Crippen LogP contribution in [0.25, 0.3) is 0 Å². The molecule has 2 N–H and O–H groups in total. The van der Waals surface area contributed by atoms with E-state index in [9.17, 15) is 19.2 Å². The Morgan fingerprint density at radius 2 is 1.38 bits per heavy atom. The quantitative estimate of drug-likeness (QED) is 0.388. The Labute approximate surface area is 90.3 Å². The molecule has 0 aromatic heterocycles. The molecule has 0 saturated carbocycles. The lowest BCUT2D eigenvalue weighted by Crippen LogP contribution is -2.17. The minimum Gasteiger partial charge on any atom is -0.478 e. The van der Waals surface area contributed by atoms with Crippen LogP contribution in [0.4, 0.5) is 0 Å². The Morgan fingerprint density at radius 1 is 1.00 bits per heavy atom. The zero-order valence-electron chi connectivity index (χ0n) is 8.21. The van der Waals surface area contributed by atoms with Crippen molar-refractivity contribution in [2.45, 2.75) is 19.3 Å². The van der Waals surface area contributed by atoms with Crippen molar-refractivity contribution in [1.82, 2.24) is 0 Å². The van der Waals surface area contributed by atoms with Gasteiger partial charge >= 0.3 is 23.9 Å². The van der Waals surface area contributed by atoms with Gasteiger partial charge in [0, 0.05) is 25.0 Å². The number of rotatable bonds is 2. The standard InChI is InChI=1S/C5H6O3.C4H4O4/c6-4-2-1-3-5(7)8-4;5-3(6)1-2-4(7)8/h1-3H2;1-2H,(H,5,6)(H,7,8)/b;2-1-. The number of hydrogen-bond acceptors (Lipinski definition) is 5. The van der Waals surface area contributed by atoms with Gasteiger partial charge in [-0.25, -0.2) is 9.59 Å². The van der Waals surface area contributed by atoms with Crippen LogP contribution >= 0.6 is 0 Å². The van der Waals surface area contributed by atoms with Crippen LogP contribution < -0.4 is 0 Å². The van der Waals surface area contributed by atoms with Crippen LogP contribution in [0.15, 0.2) is 12.2 Å². The molecule has 0 amide bonds. The van der Waals surface area contributed by atoms with Crippen molar-refractivity contribution in [2.24, 2.45) is 0 Å². The van der Waals surface area contributed by atoms with Gasteiger partial charge < -0.3 is 14.9 Å². The molecule has 88 valence electrons. The topological polar surface area (TPSA) is 118 Å². The Kier molecular flexibility index (Phi) is 6.18. The molecule has 0 aliphatic carbocycles. The lowest BCUT2D eigenvalue weighted by Gasteiger charge is -2.06. The fraction of sp³-hybridized carbons (Fsp3) is 0.333. The Hall–Kier alpha value is -2.18. The highest BCUT2D eigenvalue weighted by Crippen LogP contribution is 2.06. The summed E-state index contributed by atoms with van der Waals surface area (Å²) >= 11 is 0. The van der Waals surface area contributed by atoms with Crippen molar-refractivity contribution in [1.29, 1.82) is 0 Å². The summed E-state index contributed by atoms with van der Waals surface area (Å²) in [5.74, 6) is -3.29. The van der Waals surface area contributed by atoms with Crippen LogP contribution in [0, 0.1) is 0 Å². The van der Waals surface area contributed by atoms with Gasteiger partial charge in [0.15, 0.2) is 0 Å². The summed E-state index contributed by atoms with van der Waals surface area (Å²) in [6, 6.07) is 0. The van der Waals surface area contributed by atoms with Gasteiger partial charge in [-0.15, -0.1) is 0 Å². The summed E-state index contributed by atoms with van der Waals surface area (Å²) in [5, 5.41) is 15.6. The first-order valence-corrected chi connectivity index (χ1v) is 4.29. The molecule has 0 spiro atoms. The van der Waals surface area contributed by atoms with Crippen molar-refractivity contribution < 1.29 is 34.1 Å². The first kappa shape index (κ1) is 13.8. The summed E-state index contributed by atoms with van der Waals surface area (Å²) in [7, 11) is 0. The SMILES string of the molecule is O=C(O)/C=C\C(=O)O.O=C1CCCC(=O)O1. The maximum atomic E-state index is 10.2. The zero-order chi connectivity index (χ0) is 12.6. The molecule has 1 saturated heterocycles. The number of carbonyl (C=O) groups excluding carboxylic acids is 2. The van der Waals surface area contributed by atoms with E-state index in [1.165, 1.54) is 0 Å². The van der Waals surface area contributed by atoms with Crippen LogP contribution in [0.1, 0.15) is 19.3 Å². The van der Waals surface area contributed by atoms with E-state index in [0.29, 0.717) is 31.4 Å². The van der Waals surface area contributed by atoms with E-state index < -0.39 is 11.9 Å². The number of hydrogen-bond donors (Lipinski definition) is 2. The first-order chi connectivity index (χ1) is 7.41. The van der Waals surface area contributed by atoms with Gasteiger partial charge in [-0.05, 0) is 6.42 Å². The Bertz CT molecular complexity index is 299. The monoisotopic (exact) mass is 230 g/mol. The van der Waals surface area contributed by atoms with Crippen molar-refractivity contribution in [2.75, 3.05) is 0 Å². The molecule has 0 unspecified atom stereocenters. The number of esters is 2. The van der Waals surface area contributed by atoms with E-state index >= 15 is 0 Å².